The minimum Gasteiger partial charge on any atom is -0.325 e. The number of hydrogen-bond donors (Lipinski definition) is 2. The average Bonchev–Trinajstić information content (AvgIpc) is 2.15. The Bertz CT molecular complexity index is 513. The van der Waals surface area contributed by atoms with Crippen LogP contribution in [0.25, 0.3) is 0 Å². The third-order valence-corrected chi connectivity index (χ3v) is 2.92. The first kappa shape index (κ1) is 13.0. The lowest BCUT2D eigenvalue weighted by Gasteiger charge is -2.06. The molecule has 0 spiro atoms. The minimum absolute atomic E-state index is 0.0441. The molecule has 0 fully saturated rings. The van der Waals surface area contributed by atoms with E-state index in [0.717, 1.165) is 0 Å². The Morgan fingerprint density at radius 1 is 1.44 bits per heavy atom. The van der Waals surface area contributed by atoms with E-state index < -0.39 is 15.9 Å². The van der Waals surface area contributed by atoms with Crippen molar-refractivity contribution in [3.8, 4) is 0 Å². The molecule has 0 aliphatic heterocycles. The standard InChI is InChI=1S/C9H11ClN2O3S/c1-6-2-7(12-9(13)5-10)4-8(3-6)16(11,14)15/h2-4H,5H2,1H3,(H,12,13)(H2,11,14,15). The van der Waals surface area contributed by atoms with Crippen LogP contribution in [0.15, 0.2) is 23.1 Å². The van der Waals surface area contributed by atoms with Gasteiger partial charge in [-0.15, -0.1) is 11.6 Å². The summed E-state index contributed by atoms with van der Waals surface area (Å²) in [4.78, 5) is 11.0. The molecule has 0 aliphatic rings. The number of carbonyl (C=O) groups is 1. The first-order chi connectivity index (χ1) is 7.32. The molecule has 0 atom stereocenters. The van der Waals surface area contributed by atoms with E-state index in [9.17, 15) is 13.2 Å². The molecular weight excluding hydrogens is 252 g/mol. The van der Waals surface area contributed by atoms with Gasteiger partial charge in [-0.3, -0.25) is 4.79 Å². The summed E-state index contributed by atoms with van der Waals surface area (Å²) in [5.41, 5.74) is 1.03. The maximum Gasteiger partial charge on any atom is 0.239 e. The molecule has 0 unspecified atom stereocenters. The van der Waals surface area contributed by atoms with Crippen LogP contribution in [0.5, 0.6) is 0 Å². The molecule has 0 aromatic heterocycles. The summed E-state index contributed by atoms with van der Waals surface area (Å²) in [6.45, 7) is 1.70. The monoisotopic (exact) mass is 262 g/mol. The van der Waals surface area contributed by atoms with Crippen LogP contribution in [0.4, 0.5) is 5.69 Å². The van der Waals surface area contributed by atoms with E-state index in [2.05, 4.69) is 5.32 Å². The third kappa shape index (κ3) is 3.48. The van der Waals surface area contributed by atoms with E-state index in [1.807, 2.05) is 0 Å². The van der Waals surface area contributed by atoms with Gasteiger partial charge in [-0.25, -0.2) is 13.6 Å². The summed E-state index contributed by atoms with van der Waals surface area (Å²) < 4.78 is 22.3. The van der Waals surface area contributed by atoms with Crippen molar-refractivity contribution >= 4 is 33.2 Å². The van der Waals surface area contributed by atoms with Gasteiger partial charge in [0.05, 0.1) is 4.90 Å². The van der Waals surface area contributed by atoms with Crippen LogP contribution in [-0.4, -0.2) is 20.2 Å². The van der Waals surface area contributed by atoms with Crippen LogP contribution in [0.1, 0.15) is 5.56 Å². The normalized spacial score (nSPS) is 11.2. The van der Waals surface area contributed by atoms with Gasteiger partial charge in [-0.1, -0.05) is 0 Å². The number of carbonyl (C=O) groups excluding carboxylic acids is 1. The second-order valence-corrected chi connectivity index (χ2v) is 5.09. The van der Waals surface area contributed by atoms with Crippen molar-refractivity contribution in [1.82, 2.24) is 0 Å². The lowest BCUT2D eigenvalue weighted by Crippen LogP contribution is -2.15. The summed E-state index contributed by atoms with van der Waals surface area (Å²) >= 11 is 5.32. The molecule has 5 nitrogen and oxygen atoms in total. The van der Waals surface area contributed by atoms with Crippen molar-refractivity contribution in [3.63, 3.8) is 0 Å². The second-order valence-electron chi connectivity index (χ2n) is 3.26. The molecule has 0 bridgehead atoms. The number of hydrogen-bond acceptors (Lipinski definition) is 3. The first-order valence-corrected chi connectivity index (χ1v) is 6.41. The molecule has 0 saturated carbocycles. The van der Waals surface area contributed by atoms with Crippen molar-refractivity contribution in [2.75, 3.05) is 11.2 Å². The second kappa shape index (κ2) is 4.82. The van der Waals surface area contributed by atoms with Crippen LogP contribution >= 0.6 is 11.6 Å². The maximum absolute atomic E-state index is 11.1. The summed E-state index contributed by atoms with van der Waals surface area (Å²) in [5.74, 6) is -0.605. The topological polar surface area (TPSA) is 89.3 Å². The number of alkyl halides is 1. The van der Waals surface area contributed by atoms with Gasteiger partial charge in [0.25, 0.3) is 0 Å². The number of amides is 1. The molecule has 0 saturated heterocycles. The first-order valence-electron chi connectivity index (χ1n) is 4.33. The van der Waals surface area contributed by atoms with Crippen molar-refractivity contribution in [2.24, 2.45) is 5.14 Å². The van der Waals surface area contributed by atoms with E-state index in [0.29, 0.717) is 11.3 Å². The van der Waals surface area contributed by atoms with Crippen LogP contribution in [-0.2, 0) is 14.8 Å². The van der Waals surface area contributed by atoms with Gasteiger partial charge >= 0.3 is 0 Å². The molecule has 88 valence electrons. The molecule has 1 amide bonds. The third-order valence-electron chi connectivity index (χ3n) is 1.78. The summed E-state index contributed by atoms with van der Waals surface area (Å²) in [6.07, 6.45) is 0. The number of anilines is 1. The SMILES string of the molecule is Cc1cc(NC(=O)CCl)cc(S(N)(=O)=O)c1. The van der Waals surface area contributed by atoms with Crippen molar-refractivity contribution in [2.45, 2.75) is 11.8 Å². The molecule has 0 radical (unpaired) electrons. The van der Waals surface area contributed by atoms with Crippen molar-refractivity contribution in [1.29, 1.82) is 0 Å². The number of primary sulfonamides is 1. The highest BCUT2D eigenvalue weighted by atomic mass is 35.5. The Morgan fingerprint density at radius 2 is 2.06 bits per heavy atom. The van der Waals surface area contributed by atoms with Gasteiger partial charge in [0.1, 0.15) is 5.88 Å². The molecule has 1 rings (SSSR count). The van der Waals surface area contributed by atoms with Crippen molar-refractivity contribution in [3.05, 3.63) is 23.8 Å². The molecule has 0 heterocycles. The predicted molar refractivity (Wildman–Crippen MR) is 61.9 cm³/mol. The summed E-state index contributed by atoms with van der Waals surface area (Å²) in [7, 11) is -3.77. The molecule has 16 heavy (non-hydrogen) atoms. The van der Waals surface area contributed by atoms with E-state index in [4.69, 9.17) is 16.7 Å². The largest absolute Gasteiger partial charge is 0.325 e. The highest BCUT2D eigenvalue weighted by Crippen LogP contribution is 2.17. The highest BCUT2D eigenvalue weighted by molar-refractivity contribution is 7.89. The average molecular weight is 263 g/mol. The number of benzene rings is 1. The van der Waals surface area contributed by atoms with Crippen LogP contribution < -0.4 is 10.5 Å². The Hall–Kier alpha value is -1.11. The van der Waals surface area contributed by atoms with Gasteiger partial charge < -0.3 is 5.32 Å². The van der Waals surface area contributed by atoms with E-state index in [-0.39, 0.29) is 10.8 Å². The Morgan fingerprint density at radius 3 is 2.56 bits per heavy atom. The fourth-order valence-electron chi connectivity index (χ4n) is 1.18. The lowest BCUT2D eigenvalue weighted by molar-refractivity contribution is -0.113. The zero-order valence-electron chi connectivity index (χ0n) is 8.53. The maximum atomic E-state index is 11.1. The molecule has 1 aromatic rings. The summed E-state index contributed by atoms with van der Waals surface area (Å²) in [6, 6.07) is 4.33. The number of sulfonamides is 1. The Labute approximate surface area is 98.6 Å². The number of nitrogens with one attached hydrogen (secondary N) is 1. The van der Waals surface area contributed by atoms with Crippen LogP contribution in [0.3, 0.4) is 0 Å². The molecule has 0 aliphatic carbocycles. The van der Waals surface area contributed by atoms with Gasteiger partial charge in [0, 0.05) is 5.69 Å². The van der Waals surface area contributed by atoms with E-state index >= 15 is 0 Å². The molecular formula is C9H11ClN2O3S. The zero-order valence-corrected chi connectivity index (χ0v) is 10.1. The van der Waals surface area contributed by atoms with Crippen molar-refractivity contribution < 1.29 is 13.2 Å². The molecule has 3 N–H and O–H groups in total. The summed E-state index contributed by atoms with van der Waals surface area (Å²) in [5, 5.41) is 7.45. The number of rotatable bonds is 3. The number of aryl methyl sites for hydroxylation is 1. The van der Waals surface area contributed by atoms with E-state index in [1.54, 1.807) is 13.0 Å². The lowest BCUT2D eigenvalue weighted by atomic mass is 10.2. The minimum atomic E-state index is -3.77. The molecule has 1 aromatic carbocycles. The van der Waals surface area contributed by atoms with Gasteiger partial charge in [0.2, 0.25) is 15.9 Å². The van der Waals surface area contributed by atoms with Crippen LogP contribution in [0.2, 0.25) is 0 Å². The fourth-order valence-corrected chi connectivity index (χ4v) is 1.89. The molecule has 7 heteroatoms. The van der Waals surface area contributed by atoms with Gasteiger partial charge in [-0.05, 0) is 30.7 Å². The fraction of sp³-hybridized carbons (Fsp3) is 0.222. The predicted octanol–water partition coefficient (Wildman–Crippen LogP) is 0.820. The Kier molecular flexibility index (Phi) is 3.90. The Balaban J connectivity index is 3.14. The smallest absolute Gasteiger partial charge is 0.239 e. The highest BCUT2D eigenvalue weighted by Gasteiger charge is 2.10. The number of halogens is 1. The van der Waals surface area contributed by atoms with E-state index in [1.165, 1.54) is 12.1 Å². The van der Waals surface area contributed by atoms with Gasteiger partial charge in [0.15, 0.2) is 0 Å². The zero-order chi connectivity index (χ0) is 12.3. The van der Waals surface area contributed by atoms with Crippen LogP contribution in [0, 0.1) is 6.92 Å². The van der Waals surface area contributed by atoms with Gasteiger partial charge in [-0.2, -0.15) is 0 Å². The quantitative estimate of drug-likeness (QED) is 0.791. The number of nitrogens with two attached hydrogens (primary N) is 1.